The Morgan fingerprint density at radius 2 is 0.927 bits per heavy atom. The van der Waals surface area contributed by atoms with E-state index >= 15 is 0 Å². The Hall–Kier alpha value is -3.95. The van der Waals surface area contributed by atoms with Crippen LogP contribution in [0.3, 0.4) is 0 Å². The number of furan rings is 2. The molecule has 0 unspecified atom stereocenters. The van der Waals surface area contributed by atoms with Crippen LogP contribution in [0.15, 0.2) is 130 Å². The van der Waals surface area contributed by atoms with E-state index < -0.39 is 0 Å². The Morgan fingerprint density at radius 1 is 0.488 bits per heavy atom. The Bertz CT molecular complexity index is 1940. The molecule has 3 heteroatoms. The minimum Gasteiger partial charge on any atom is -0.496 e. The van der Waals surface area contributed by atoms with Crippen LogP contribution in [-0.2, 0) is 38.7 Å². The van der Waals surface area contributed by atoms with E-state index in [1.54, 1.807) is 0 Å². The molecule has 0 spiro atoms. The molecule has 2 aromatic heterocycles. The fourth-order valence-corrected chi connectivity index (χ4v) is 5.66. The fraction of sp³-hybridized carbons (Fsp3) is 0.105. The van der Waals surface area contributed by atoms with E-state index in [0.717, 1.165) is 47.0 Å². The van der Waals surface area contributed by atoms with Crippen LogP contribution < -0.4 is 0 Å². The van der Waals surface area contributed by atoms with Crippen molar-refractivity contribution < 1.29 is 34.7 Å². The fourth-order valence-electron chi connectivity index (χ4n) is 5.66. The zero-order chi connectivity index (χ0) is 27.1. The van der Waals surface area contributed by atoms with Gasteiger partial charge in [-0.2, -0.15) is 0 Å². The van der Waals surface area contributed by atoms with Crippen molar-refractivity contribution >= 4 is 43.1 Å². The maximum atomic E-state index is 5.86. The van der Waals surface area contributed by atoms with Crippen LogP contribution in [0.5, 0.6) is 0 Å². The molecule has 2 heterocycles. The summed E-state index contributed by atoms with van der Waals surface area (Å²) < 4.78 is 11.7. The van der Waals surface area contributed by atoms with Crippen molar-refractivity contribution in [1.29, 1.82) is 0 Å². The van der Waals surface area contributed by atoms with Gasteiger partial charge in [0.25, 0.3) is 0 Å². The van der Waals surface area contributed by atoms with Gasteiger partial charge in [-0.1, -0.05) is 96.4 Å². The summed E-state index contributed by atoms with van der Waals surface area (Å²) in [6, 6.07) is 42.9. The van der Waals surface area contributed by atoms with Crippen LogP contribution in [0.2, 0.25) is 0 Å². The second kappa shape index (κ2) is 11.5. The normalized spacial score (nSPS) is 11.2. The number of aryl methyl sites for hydroxylation is 2. The third-order valence-electron chi connectivity index (χ3n) is 7.82. The zero-order valence-electron chi connectivity index (χ0n) is 23.3. The van der Waals surface area contributed by atoms with Crippen molar-refractivity contribution in [2.75, 3.05) is 0 Å². The molecule has 8 rings (SSSR count). The maximum absolute atomic E-state index is 5.86. The van der Waals surface area contributed by atoms with E-state index in [4.69, 9.17) is 8.83 Å². The van der Waals surface area contributed by atoms with Gasteiger partial charge in [-0.3, -0.25) is 0 Å². The molecule has 2 nitrogen and oxygen atoms in total. The van der Waals surface area contributed by atoms with Gasteiger partial charge in [0.1, 0.15) is 0 Å². The molecular weight excluding hydrogens is 667 g/mol. The van der Waals surface area contributed by atoms with Gasteiger partial charge in [-0.15, -0.1) is 57.9 Å². The molecule has 0 saturated carbocycles. The summed E-state index contributed by atoms with van der Waals surface area (Å²) in [4.78, 5) is 0. The van der Waals surface area contributed by atoms with E-state index in [-0.39, 0.29) is 25.8 Å². The third kappa shape index (κ3) is 5.15. The first kappa shape index (κ1) is 27.2. The zero-order valence-corrected chi connectivity index (χ0v) is 26.9. The first-order valence-corrected chi connectivity index (χ1v) is 14.0. The quantitative estimate of drug-likeness (QED) is 0.135. The SMILES string of the molecule is CCc1ccc(-c2cc3c(ccc4ccccc43)[cH-]2)o1.CCc1ccc(-c2cc3c(ccc4ccccc43)[cH-]2)o1.[Hf]. The van der Waals surface area contributed by atoms with Gasteiger partial charge in [0, 0.05) is 38.7 Å². The van der Waals surface area contributed by atoms with Crippen LogP contribution in [-0.4, -0.2) is 0 Å². The predicted octanol–water partition coefficient (Wildman–Crippen LogP) is 11.1. The summed E-state index contributed by atoms with van der Waals surface area (Å²) in [6.07, 6.45) is 1.87. The number of benzene rings is 4. The van der Waals surface area contributed by atoms with E-state index in [0.29, 0.717) is 0 Å². The second-order valence-corrected chi connectivity index (χ2v) is 10.3. The molecule has 0 aliphatic rings. The number of hydrogen-bond donors (Lipinski definition) is 0. The molecule has 0 fully saturated rings. The summed E-state index contributed by atoms with van der Waals surface area (Å²) in [5, 5.41) is 10.3. The molecule has 0 N–H and O–H groups in total. The molecule has 0 aliphatic heterocycles. The van der Waals surface area contributed by atoms with E-state index in [9.17, 15) is 0 Å². The molecule has 0 radical (unpaired) electrons. The van der Waals surface area contributed by atoms with Crippen LogP contribution in [0.4, 0.5) is 0 Å². The van der Waals surface area contributed by atoms with Gasteiger partial charge in [-0.25, -0.2) is 0 Å². The van der Waals surface area contributed by atoms with Gasteiger partial charge in [0.15, 0.2) is 0 Å². The monoisotopic (exact) mass is 698 g/mol. The number of rotatable bonds is 4. The molecule has 0 bridgehead atoms. The molecule has 8 aromatic rings. The van der Waals surface area contributed by atoms with Crippen molar-refractivity contribution in [3.8, 4) is 22.6 Å². The second-order valence-electron chi connectivity index (χ2n) is 10.3. The summed E-state index contributed by atoms with van der Waals surface area (Å²) in [6.45, 7) is 4.22. The average molecular weight is 697 g/mol. The van der Waals surface area contributed by atoms with E-state index in [2.05, 4.69) is 135 Å². The Labute approximate surface area is 258 Å². The van der Waals surface area contributed by atoms with Crippen molar-refractivity contribution in [3.05, 3.63) is 133 Å². The Kier molecular flexibility index (Phi) is 7.64. The summed E-state index contributed by atoms with van der Waals surface area (Å²) >= 11 is 0. The molecule has 0 aliphatic carbocycles. The van der Waals surface area contributed by atoms with Crippen molar-refractivity contribution in [2.24, 2.45) is 0 Å². The number of hydrogen-bond acceptors (Lipinski definition) is 2. The molecule has 0 saturated heterocycles. The first-order valence-electron chi connectivity index (χ1n) is 14.0. The molecule has 41 heavy (non-hydrogen) atoms. The molecule has 0 amide bonds. The van der Waals surface area contributed by atoms with Gasteiger partial charge >= 0.3 is 0 Å². The standard InChI is InChI=1S/2C19H15O.Hf/c2*1-2-16-9-10-19(20-16)15-11-14-8-7-13-5-3-4-6-17(13)18(14)12-15;/h2*3-12H,2H2,1H3;/q2*-1;. The van der Waals surface area contributed by atoms with Gasteiger partial charge < -0.3 is 8.83 Å². The van der Waals surface area contributed by atoms with Crippen molar-refractivity contribution in [3.63, 3.8) is 0 Å². The van der Waals surface area contributed by atoms with Crippen LogP contribution in [0.25, 0.3) is 65.7 Å². The number of fused-ring (bicyclic) bond motifs is 6. The minimum atomic E-state index is 0. The smallest absolute Gasteiger partial charge is 0.0924 e. The summed E-state index contributed by atoms with van der Waals surface area (Å²) in [7, 11) is 0. The van der Waals surface area contributed by atoms with Crippen molar-refractivity contribution in [2.45, 2.75) is 26.7 Å². The summed E-state index contributed by atoms with van der Waals surface area (Å²) in [5.41, 5.74) is 2.33. The minimum absolute atomic E-state index is 0. The summed E-state index contributed by atoms with van der Waals surface area (Å²) in [5.74, 6) is 3.99. The largest absolute Gasteiger partial charge is 0.496 e. The Balaban J connectivity index is 0.000000144. The third-order valence-corrected chi connectivity index (χ3v) is 7.82. The van der Waals surface area contributed by atoms with Crippen molar-refractivity contribution in [1.82, 2.24) is 0 Å². The molecular formula is C38H30HfO2-2. The molecule has 200 valence electrons. The van der Waals surface area contributed by atoms with Crippen LogP contribution >= 0.6 is 0 Å². The topological polar surface area (TPSA) is 26.3 Å². The average Bonchev–Trinajstić information content (AvgIpc) is 3.82. The molecule has 0 atom stereocenters. The molecule has 6 aromatic carbocycles. The van der Waals surface area contributed by atoms with Crippen LogP contribution in [0, 0.1) is 0 Å². The first-order chi connectivity index (χ1) is 19.7. The van der Waals surface area contributed by atoms with Gasteiger partial charge in [0.2, 0.25) is 0 Å². The van der Waals surface area contributed by atoms with Crippen LogP contribution in [0.1, 0.15) is 25.4 Å². The maximum Gasteiger partial charge on any atom is 0.0924 e. The predicted molar refractivity (Wildman–Crippen MR) is 168 cm³/mol. The Morgan fingerprint density at radius 3 is 1.34 bits per heavy atom. The van der Waals surface area contributed by atoms with Gasteiger partial charge in [0.05, 0.1) is 23.0 Å². The van der Waals surface area contributed by atoms with Gasteiger partial charge in [-0.05, 0) is 35.0 Å². The van der Waals surface area contributed by atoms with E-state index in [1.807, 2.05) is 0 Å². The van der Waals surface area contributed by atoms with E-state index in [1.165, 1.54) is 43.1 Å².